The molecule has 0 bridgehead atoms. The standard InChI is InChI=1S/C22H20FN3.CH5N/c23-13-16-6-2-1-3-7-17(16)14-26-20-9-5-4-8-18(20)19-12-15(22(24)25)10-11-21(19)26;1-2/h1-6,8-12H,7,13-14H2,(H3,24,25);2H2,1H3. The summed E-state index contributed by atoms with van der Waals surface area (Å²) in [5.74, 6) is 0.0604. The van der Waals surface area contributed by atoms with Gasteiger partial charge in [-0.05, 0) is 48.9 Å². The Morgan fingerprint density at radius 2 is 1.82 bits per heavy atom. The summed E-state index contributed by atoms with van der Waals surface area (Å²) < 4.78 is 15.8. The summed E-state index contributed by atoms with van der Waals surface area (Å²) in [6.45, 7) is 0.177. The van der Waals surface area contributed by atoms with Crippen molar-refractivity contribution < 1.29 is 4.39 Å². The number of benzene rings is 2. The van der Waals surface area contributed by atoms with Crippen LogP contribution in [-0.4, -0.2) is 24.1 Å². The summed E-state index contributed by atoms with van der Waals surface area (Å²) in [4.78, 5) is 0. The largest absolute Gasteiger partial charge is 0.384 e. The van der Waals surface area contributed by atoms with E-state index in [-0.39, 0.29) is 5.84 Å². The van der Waals surface area contributed by atoms with E-state index in [2.05, 4.69) is 28.5 Å². The molecule has 4 rings (SSSR count). The van der Waals surface area contributed by atoms with Crippen molar-refractivity contribution in [1.82, 2.24) is 4.57 Å². The average molecular weight is 376 g/mol. The van der Waals surface area contributed by atoms with Crippen molar-refractivity contribution in [3.8, 4) is 0 Å². The molecule has 144 valence electrons. The molecule has 0 aliphatic heterocycles. The van der Waals surface area contributed by atoms with E-state index in [0.29, 0.717) is 12.1 Å². The van der Waals surface area contributed by atoms with Gasteiger partial charge in [-0.15, -0.1) is 0 Å². The fourth-order valence-electron chi connectivity index (χ4n) is 3.60. The van der Waals surface area contributed by atoms with Crippen LogP contribution in [0.25, 0.3) is 21.8 Å². The first-order chi connectivity index (χ1) is 13.7. The molecule has 1 aromatic heterocycles. The lowest BCUT2D eigenvalue weighted by Crippen LogP contribution is -2.10. The number of aromatic nitrogens is 1. The second-order valence-corrected chi connectivity index (χ2v) is 6.50. The van der Waals surface area contributed by atoms with Crippen molar-refractivity contribution in [1.29, 1.82) is 5.41 Å². The van der Waals surface area contributed by atoms with Crippen molar-refractivity contribution >= 4 is 27.6 Å². The number of rotatable bonds is 4. The molecular weight excluding hydrogens is 351 g/mol. The highest BCUT2D eigenvalue weighted by Crippen LogP contribution is 2.31. The molecule has 3 aromatic rings. The van der Waals surface area contributed by atoms with E-state index >= 15 is 0 Å². The highest BCUT2D eigenvalue weighted by atomic mass is 19.1. The molecule has 1 aliphatic rings. The number of allylic oxidation sites excluding steroid dienone is 6. The molecule has 0 amide bonds. The molecule has 2 aromatic carbocycles. The highest BCUT2D eigenvalue weighted by Gasteiger charge is 2.14. The fourth-order valence-corrected chi connectivity index (χ4v) is 3.60. The zero-order valence-corrected chi connectivity index (χ0v) is 16.0. The smallest absolute Gasteiger partial charge is 0.122 e. The molecule has 5 heteroatoms. The maximum Gasteiger partial charge on any atom is 0.122 e. The molecule has 5 N–H and O–H groups in total. The molecule has 0 saturated heterocycles. The zero-order valence-electron chi connectivity index (χ0n) is 16.0. The van der Waals surface area contributed by atoms with Crippen LogP contribution in [0.5, 0.6) is 0 Å². The van der Waals surface area contributed by atoms with Crippen molar-refractivity contribution in [3.05, 3.63) is 83.5 Å². The number of nitrogens with zero attached hydrogens (tertiary/aromatic N) is 1. The van der Waals surface area contributed by atoms with Gasteiger partial charge in [0.05, 0.1) is 0 Å². The summed E-state index contributed by atoms with van der Waals surface area (Å²) in [5.41, 5.74) is 14.9. The Morgan fingerprint density at radius 3 is 2.57 bits per heavy atom. The summed E-state index contributed by atoms with van der Waals surface area (Å²) in [5, 5.41) is 9.90. The predicted octanol–water partition coefficient (Wildman–Crippen LogP) is 4.44. The maximum atomic E-state index is 13.5. The van der Waals surface area contributed by atoms with Crippen LogP contribution in [0.4, 0.5) is 4.39 Å². The first kappa shape index (κ1) is 19.6. The van der Waals surface area contributed by atoms with E-state index in [0.717, 1.165) is 39.4 Å². The van der Waals surface area contributed by atoms with E-state index in [1.165, 1.54) is 7.05 Å². The molecule has 0 saturated carbocycles. The van der Waals surface area contributed by atoms with Gasteiger partial charge in [-0.3, -0.25) is 5.41 Å². The minimum Gasteiger partial charge on any atom is -0.384 e. The van der Waals surface area contributed by atoms with E-state index in [4.69, 9.17) is 11.1 Å². The lowest BCUT2D eigenvalue weighted by Gasteiger charge is -2.13. The first-order valence-corrected chi connectivity index (χ1v) is 9.22. The zero-order chi connectivity index (χ0) is 20.1. The van der Waals surface area contributed by atoms with Crippen LogP contribution in [-0.2, 0) is 6.54 Å². The maximum absolute atomic E-state index is 13.5. The van der Waals surface area contributed by atoms with E-state index < -0.39 is 6.67 Å². The molecule has 28 heavy (non-hydrogen) atoms. The third-order valence-corrected chi connectivity index (χ3v) is 4.94. The number of nitrogens with two attached hydrogens (primary N) is 2. The minimum atomic E-state index is -0.459. The lowest BCUT2D eigenvalue weighted by atomic mass is 10.1. The van der Waals surface area contributed by atoms with E-state index in [9.17, 15) is 4.39 Å². The van der Waals surface area contributed by atoms with Crippen molar-refractivity contribution in [2.45, 2.75) is 13.0 Å². The highest BCUT2D eigenvalue weighted by molar-refractivity contribution is 6.10. The molecule has 0 spiro atoms. The third-order valence-electron chi connectivity index (χ3n) is 4.94. The van der Waals surface area contributed by atoms with Gasteiger partial charge in [0.15, 0.2) is 0 Å². The Hall–Kier alpha value is -3.18. The number of para-hydroxylation sites is 1. The molecule has 4 nitrogen and oxygen atoms in total. The first-order valence-electron chi connectivity index (χ1n) is 9.22. The number of nitrogens with one attached hydrogen (secondary N) is 1. The molecule has 0 atom stereocenters. The fraction of sp³-hybridized carbons (Fsp3) is 0.174. The van der Waals surface area contributed by atoms with Crippen LogP contribution in [0.3, 0.4) is 0 Å². The van der Waals surface area contributed by atoms with Crippen molar-refractivity contribution in [3.63, 3.8) is 0 Å². The number of hydrogen-bond donors (Lipinski definition) is 3. The number of fused-ring (bicyclic) bond motifs is 3. The summed E-state index contributed by atoms with van der Waals surface area (Å²) in [7, 11) is 1.50. The van der Waals surface area contributed by atoms with Crippen molar-refractivity contribution in [2.24, 2.45) is 11.5 Å². The average Bonchev–Trinajstić information content (AvgIpc) is 2.88. The van der Waals surface area contributed by atoms with Crippen LogP contribution < -0.4 is 11.5 Å². The molecule has 0 radical (unpaired) electrons. The van der Waals surface area contributed by atoms with Gasteiger partial charge in [0.2, 0.25) is 0 Å². The van der Waals surface area contributed by atoms with Gasteiger partial charge in [-0.25, -0.2) is 4.39 Å². The van der Waals surface area contributed by atoms with Crippen LogP contribution in [0.2, 0.25) is 0 Å². The van der Waals surface area contributed by atoms with Crippen LogP contribution in [0, 0.1) is 5.41 Å². The predicted molar refractivity (Wildman–Crippen MR) is 116 cm³/mol. The van der Waals surface area contributed by atoms with Gasteiger partial charge in [0.1, 0.15) is 12.5 Å². The van der Waals surface area contributed by atoms with Crippen LogP contribution >= 0.6 is 0 Å². The Kier molecular flexibility index (Phi) is 6.06. The summed E-state index contributed by atoms with van der Waals surface area (Å²) >= 11 is 0. The van der Waals surface area contributed by atoms with Crippen LogP contribution in [0.15, 0.2) is 77.9 Å². The third kappa shape index (κ3) is 3.62. The van der Waals surface area contributed by atoms with Gasteiger partial charge < -0.3 is 16.0 Å². The Morgan fingerprint density at radius 1 is 1.07 bits per heavy atom. The Labute approximate surface area is 164 Å². The summed E-state index contributed by atoms with van der Waals surface area (Å²) in [6, 6.07) is 14.0. The van der Waals surface area contributed by atoms with Gasteiger partial charge in [-0.1, -0.05) is 42.5 Å². The minimum absolute atomic E-state index is 0.0604. The number of halogens is 1. The quantitative estimate of drug-likeness (QED) is 0.465. The van der Waals surface area contributed by atoms with E-state index in [1.54, 1.807) is 0 Å². The molecular formula is C23H25FN4. The van der Waals surface area contributed by atoms with Crippen molar-refractivity contribution in [2.75, 3.05) is 13.7 Å². The van der Waals surface area contributed by atoms with E-state index in [1.807, 2.05) is 48.6 Å². The molecule has 0 unspecified atom stereocenters. The normalized spacial score (nSPS) is 13.5. The molecule has 1 aliphatic carbocycles. The summed E-state index contributed by atoms with van der Waals surface area (Å²) in [6.07, 6.45) is 8.53. The second-order valence-electron chi connectivity index (χ2n) is 6.50. The van der Waals surface area contributed by atoms with Gasteiger partial charge in [-0.2, -0.15) is 0 Å². The molecule has 1 heterocycles. The second kappa shape index (κ2) is 8.67. The monoisotopic (exact) mass is 376 g/mol. The number of hydrogen-bond acceptors (Lipinski definition) is 2. The lowest BCUT2D eigenvalue weighted by molar-refractivity contribution is 0.544. The Balaban J connectivity index is 0.00000109. The SMILES string of the molecule is CN.N=C(N)c1ccc2c(c1)c1ccccc1n2CC1=C(CF)C=CC=CC1. The van der Waals surface area contributed by atoms with Gasteiger partial charge >= 0.3 is 0 Å². The molecule has 0 fully saturated rings. The Bertz CT molecular complexity index is 1100. The van der Waals surface area contributed by atoms with Crippen LogP contribution in [0.1, 0.15) is 12.0 Å². The number of alkyl halides is 1. The topological polar surface area (TPSA) is 80.8 Å². The van der Waals surface area contributed by atoms with Gasteiger partial charge in [0, 0.05) is 33.9 Å². The number of nitrogen functional groups attached to an aromatic ring is 1. The number of amidine groups is 1. The van der Waals surface area contributed by atoms with Gasteiger partial charge in [0.25, 0.3) is 0 Å².